The van der Waals surface area contributed by atoms with E-state index in [1.807, 2.05) is 0 Å². The van der Waals surface area contributed by atoms with Gasteiger partial charge >= 0.3 is 18.2 Å². The molecule has 34 heavy (non-hydrogen) atoms. The van der Waals surface area contributed by atoms with E-state index in [0.717, 1.165) is 0 Å². The number of aliphatic carboxylic acids is 1. The number of morpholine rings is 1. The Bertz CT molecular complexity index is 1020. The number of halogens is 4. The summed E-state index contributed by atoms with van der Waals surface area (Å²) in [7, 11) is 0. The molecule has 2 aliphatic heterocycles. The van der Waals surface area contributed by atoms with Crippen molar-refractivity contribution in [3.8, 4) is 0 Å². The summed E-state index contributed by atoms with van der Waals surface area (Å²) < 4.78 is 50.6. The summed E-state index contributed by atoms with van der Waals surface area (Å²) in [4.78, 5) is 39.6. The van der Waals surface area contributed by atoms with Gasteiger partial charge in [0, 0.05) is 25.0 Å². The zero-order valence-corrected chi connectivity index (χ0v) is 17.5. The molecule has 0 radical (unpaired) electrons. The maximum Gasteiger partial charge on any atom is 0.490 e. The Morgan fingerprint density at radius 3 is 2.32 bits per heavy atom. The summed E-state index contributed by atoms with van der Waals surface area (Å²) in [6.07, 6.45) is -1.81. The van der Waals surface area contributed by atoms with Gasteiger partial charge in [-0.15, -0.1) is 0 Å². The molecule has 0 spiro atoms. The van der Waals surface area contributed by atoms with E-state index in [2.05, 4.69) is 15.6 Å². The van der Waals surface area contributed by atoms with Crippen LogP contribution in [-0.2, 0) is 14.3 Å². The van der Waals surface area contributed by atoms with E-state index in [9.17, 15) is 27.2 Å². The summed E-state index contributed by atoms with van der Waals surface area (Å²) in [5.74, 6) is -3.57. The van der Waals surface area contributed by atoms with Gasteiger partial charge < -0.3 is 25.4 Å². The summed E-state index contributed by atoms with van der Waals surface area (Å²) in [5, 5.41) is 12.7. The monoisotopic (exact) mass is 484 g/mol. The van der Waals surface area contributed by atoms with Gasteiger partial charge in [0.05, 0.1) is 30.0 Å². The molecule has 0 aliphatic carbocycles. The van der Waals surface area contributed by atoms with Gasteiger partial charge in [-0.1, -0.05) is 0 Å². The number of urea groups is 1. The van der Waals surface area contributed by atoms with Crippen molar-refractivity contribution >= 4 is 29.3 Å². The largest absolute Gasteiger partial charge is 0.490 e. The Hall–Kier alpha value is -3.74. The van der Waals surface area contributed by atoms with Gasteiger partial charge in [0.2, 0.25) is 5.91 Å². The fraction of sp³-hybridized carbons (Fsp3) is 0.333. The number of alkyl halides is 3. The molecular formula is C21H20F4N4O5. The molecule has 0 saturated carbocycles. The molecule has 3 atom stereocenters. The van der Waals surface area contributed by atoms with Crippen molar-refractivity contribution in [3.63, 3.8) is 0 Å². The molecule has 2 fully saturated rings. The predicted octanol–water partition coefficient (Wildman–Crippen LogP) is 3.11. The normalized spacial score (nSPS) is 21.2. The lowest BCUT2D eigenvalue weighted by Gasteiger charge is -2.32. The first-order valence-corrected chi connectivity index (χ1v) is 10.0. The maximum atomic E-state index is 13.0. The van der Waals surface area contributed by atoms with E-state index < -0.39 is 12.1 Å². The number of carboxylic acids is 1. The third kappa shape index (κ3) is 6.63. The second-order valence-electron chi connectivity index (χ2n) is 7.51. The van der Waals surface area contributed by atoms with Crippen LogP contribution < -0.4 is 10.6 Å². The van der Waals surface area contributed by atoms with Gasteiger partial charge in [-0.3, -0.25) is 9.78 Å². The number of hydrogen-bond acceptors (Lipinski definition) is 5. The smallest absolute Gasteiger partial charge is 0.475 e. The van der Waals surface area contributed by atoms with Gasteiger partial charge in [-0.2, -0.15) is 13.2 Å². The third-order valence-corrected chi connectivity index (χ3v) is 5.05. The van der Waals surface area contributed by atoms with E-state index in [0.29, 0.717) is 30.9 Å². The molecule has 3 N–H and O–H groups in total. The average Bonchev–Trinajstić information content (AvgIpc) is 3.09. The predicted molar refractivity (Wildman–Crippen MR) is 110 cm³/mol. The molecular weight excluding hydrogens is 464 g/mol. The number of fused-ring (bicyclic) bond motifs is 2. The van der Waals surface area contributed by atoms with Crippen LogP contribution in [0, 0.1) is 11.7 Å². The number of ether oxygens (including phenoxy) is 1. The molecule has 4 rings (SSSR count). The number of carbonyl (C=O) groups excluding carboxylic acids is 2. The van der Waals surface area contributed by atoms with Gasteiger partial charge in [0.15, 0.2) is 0 Å². The Balaban J connectivity index is 0.000000406. The molecule has 1 aromatic carbocycles. The quantitative estimate of drug-likeness (QED) is 0.576. The lowest BCUT2D eigenvalue weighted by atomic mass is 9.99. The van der Waals surface area contributed by atoms with Crippen LogP contribution in [0.3, 0.4) is 0 Å². The molecule has 9 nitrogen and oxygen atoms in total. The van der Waals surface area contributed by atoms with Crippen molar-refractivity contribution in [3.05, 3.63) is 54.6 Å². The second kappa shape index (κ2) is 10.5. The molecule has 1 aromatic heterocycles. The SMILES string of the molecule is O=C(Nc1cccnc1)C1CC2CN(C(=O)Nc3ccc(F)cc3)CC1O2.O=C(O)C(F)(F)F. The summed E-state index contributed by atoms with van der Waals surface area (Å²) >= 11 is 0. The molecule has 2 saturated heterocycles. The number of carbonyl (C=O) groups is 3. The highest BCUT2D eigenvalue weighted by atomic mass is 19.4. The van der Waals surface area contributed by atoms with Gasteiger partial charge in [-0.05, 0) is 42.8 Å². The van der Waals surface area contributed by atoms with Gasteiger partial charge in [0.1, 0.15) is 5.82 Å². The van der Waals surface area contributed by atoms with E-state index in [-0.39, 0.29) is 35.9 Å². The Labute approximate surface area is 190 Å². The zero-order valence-electron chi connectivity index (χ0n) is 17.5. The molecule has 2 bridgehead atoms. The van der Waals surface area contributed by atoms with Crippen molar-refractivity contribution in [2.75, 3.05) is 23.7 Å². The number of amides is 3. The van der Waals surface area contributed by atoms with Crippen molar-refractivity contribution in [2.24, 2.45) is 5.92 Å². The van der Waals surface area contributed by atoms with E-state index in [1.165, 1.54) is 24.3 Å². The zero-order chi connectivity index (χ0) is 24.9. The van der Waals surface area contributed by atoms with Gasteiger partial charge in [-0.25, -0.2) is 14.0 Å². The summed E-state index contributed by atoms with van der Waals surface area (Å²) in [5.41, 5.74) is 1.15. The van der Waals surface area contributed by atoms with Crippen molar-refractivity contribution in [1.82, 2.24) is 9.88 Å². The average molecular weight is 484 g/mol. The minimum atomic E-state index is -5.08. The number of hydrogen-bond donors (Lipinski definition) is 3. The second-order valence-corrected chi connectivity index (χ2v) is 7.51. The van der Waals surface area contributed by atoms with Crippen molar-refractivity contribution < 1.29 is 41.8 Å². The minimum absolute atomic E-state index is 0.128. The lowest BCUT2D eigenvalue weighted by molar-refractivity contribution is -0.192. The number of nitrogens with one attached hydrogen (secondary N) is 2. The van der Waals surface area contributed by atoms with Crippen LogP contribution in [0.2, 0.25) is 0 Å². The Morgan fingerprint density at radius 2 is 1.74 bits per heavy atom. The van der Waals surface area contributed by atoms with Crippen LogP contribution in [0.25, 0.3) is 0 Å². The maximum absolute atomic E-state index is 13.0. The first-order valence-electron chi connectivity index (χ1n) is 10.0. The molecule has 2 aromatic rings. The highest BCUT2D eigenvalue weighted by Crippen LogP contribution is 2.33. The molecule has 3 heterocycles. The van der Waals surface area contributed by atoms with Crippen LogP contribution in [0.5, 0.6) is 0 Å². The molecule has 3 amide bonds. The van der Waals surface area contributed by atoms with Crippen LogP contribution in [0.4, 0.5) is 33.7 Å². The number of likely N-dealkylation sites (tertiary alicyclic amines) is 1. The first kappa shape index (κ1) is 24.9. The fourth-order valence-electron chi connectivity index (χ4n) is 3.51. The van der Waals surface area contributed by atoms with E-state index in [4.69, 9.17) is 14.6 Å². The molecule has 3 unspecified atom stereocenters. The lowest BCUT2D eigenvalue weighted by Crippen LogP contribution is -2.49. The fourth-order valence-corrected chi connectivity index (χ4v) is 3.51. The standard InChI is InChI=1S/C19H19FN4O3.C2HF3O2/c20-12-3-5-13(6-4-12)23-19(26)24-10-15-8-16(17(11-24)27-15)18(25)22-14-2-1-7-21-9-14;3-2(4,5)1(6)7/h1-7,9,15-17H,8,10-11H2,(H,22,25)(H,23,26);(H,6,7). The van der Waals surface area contributed by atoms with Gasteiger partial charge in [0.25, 0.3) is 0 Å². The molecule has 2 aliphatic rings. The number of benzene rings is 1. The number of aromatic nitrogens is 1. The van der Waals surface area contributed by atoms with Crippen LogP contribution in [0.15, 0.2) is 48.8 Å². The Morgan fingerprint density at radius 1 is 1.06 bits per heavy atom. The van der Waals surface area contributed by atoms with Crippen LogP contribution in [0.1, 0.15) is 6.42 Å². The van der Waals surface area contributed by atoms with E-state index >= 15 is 0 Å². The highest BCUT2D eigenvalue weighted by molar-refractivity contribution is 5.93. The molecule has 13 heteroatoms. The Kier molecular flexibility index (Phi) is 7.66. The summed E-state index contributed by atoms with van der Waals surface area (Å²) in [6.45, 7) is 0.745. The van der Waals surface area contributed by atoms with Crippen molar-refractivity contribution in [1.29, 1.82) is 0 Å². The number of carboxylic acid groups (broad SMARTS) is 1. The van der Waals surface area contributed by atoms with Crippen molar-refractivity contribution in [2.45, 2.75) is 24.8 Å². The minimum Gasteiger partial charge on any atom is -0.475 e. The van der Waals surface area contributed by atoms with E-state index in [1.54, 1.807) is 29.4 Å². The van der Waals surface area contributed by atoms with Crippen LogP contribution >= 0.6 is 0 Å². The van der Waals surface area contributed by atoms with Crippen LogP contribution in [-0.4, -0.2) is 64.4 Å². The number of nitrogens with zero attached hydrogens (tertiary/aromatic N) is 2. The summed E-state index contributed by atoms with van der Waals surface area (Å²) in [6, 6.07) is 8.83. The number of anilines is 2. The third-order valence-electron chi connectivity index (χ3n) is 5.05. The first-order chi connectivity index (χ1) is 16.0. The molecule has 182 valence electrons. The topological polar surface area (TPSA) is 121 Å². The highest BCUT2D eigenvalue weighted by Gasteiger charge is 2.45. The number of pyridine rings is 1. The number of rotatable bonds is 3.